The number of fused-ring (bicyclic) bond motifs is 5. The zero-order valence-electron chi connectivity index (χ0n) is 21.1. The number of benzene rings is 3. The quantitative estimate of drug-likeness (QED) is 0.357. The van der Waals surface area contributed by atoms with Crippen LogP contribution in [-0.2, 0) is 14.4 Å². The van der Waals surface area contributed by atoms with Crippen LogP contribution in [0.4, 0.5) is 5.69 Å². The van der Waals surface area contributed by atoms with E-state index in [9.17, 15) is 14.4 Å². The van der Waals surface area contributed by atoms with Gasteiger partial charge in [-0.2, -0.15) is 0 Å². The summed E-state index contributed by atoms with van der Waals surface area (Å²) in [5.74, 6) is -2.09. The number of amides is 2. The number of halogens is 1. The van der Waals surface area contributed by atoms with Crippen LogP contribution < -0.4 is 4.90 Å². The molecule has 4 atom stereocenters. The number of Topliss-reactive ketones (excluding diaryl/α,β-unsaturated/α-hetero) is 1. The first-order valence-electron chi connectivity index (χ1n) is 12.9. The van der Waals surface area contributed by atoms with Gasteiger partial charge < -0.3 is 0 Å². The Balaban J connectivity index is 1.68. The molecule has 2 fully saturated rings. The molecule has 1 saturated heterocycles. The number of carbonyl (C=O) groups excluding carboxylic acids is 3. The molecule has 3 aromatic rings. The highest BCUT2D eigenvalue weighted by Crippen LogP contribution is 2.75. The lowest BCUT2D eigenvalue weighted by Gasteiger charge is -2.38. The summed E-state index contributed by atoms with van der Waals surface area (Å²) >= 11 is 6.41. The summed E-state index contributed by atoms with van der Waals surface area (Å²) in [6.07, 6.45) is 0.882. The second-order valence-electron chi connectivity index (χ2n) is 10.3. The van der Waals surface area contributed by atoms with Gasteiger partial charge in [0.2, 0.25) is 11.8 Å². The smallest absolute Gasteiger partial charge is 0.239 e. The second-order valence-corrected chi connectivity index (χ2v) is 10.7. The lowest BCUT2D eigenvalue weighted by atomic mass is 9.60. The predicted molar refractivity (Wildman–Crippen MR) is 146 cm³/mol. The monoisotopic (exact) mass is 509 g/mol. The van der Waals surface area contributed by atoms with E-state index >= 15 is 0 Å². The Kier molecular flexibility index (Phi) is 5.33. The highest BCUT2D eigenvalue weighted by Gasteiger charge is 2.80. The third kappa shape index (κ3) is 2.77. The van der Waals surface area contributed by atoms with Crippen molar-refractivity contribution in [2.45, 2.75) is 33.6 Å². The van der Waals surface area contributed by atoms with Crippen molar-refractivity contribution in [3.8, 4) is 0 Å². The molecule has 186 valence electrons. The topological polar surface area (TPSA) is 54.5 Å². The largest absolute Gasteiger partial charge is 0.298 e. The van der Waals surface area contributed by atoms with E-state index in [-0.39, 0.29) is 17.6 Å². The average Bonchev–Trinajstić information content (AvgIpc) is 3.42. The maximum absolute atomic E-state index is 14.7. The summed E-state index contributed by atoms with van der Waals surface area (Å²) in [6, 6.07) is 25.1. The number of hydrogen-bond acceptors (Lipinski definition) is 3. The molecule has 2 bridgehead atoms. The van der Waals surface area contributed by atoms with Gasteiger partial charge in [0.1, 0.15) is 0 Å². The van der Waals surface area contributed by atoms with E-state index in [1.54, 1.807) is 18.2 Å². The standard InChI is InChI=1S/C32H28ClNO3/c1-4-31-24(20-13-8-6-9-14-20)25(21-15-10-7-11-16-21)32(5-2,30(31)37)27-26(31)28(35)34(29(27)36)23-18-12-17-22(33)19(23)3/h6-18,26-27H,4-5H2,1-3H3/t26-,27-,31-,32+/m0/s1. The Morgan fingerprint density at radius 2 is 1.16 bits per heavy atom. The summed E-state index contributed by atoms with van der Waals surface area (Å²) in [6.45, 7) is 5.77. The van der Waals surface area contributed by atoms with Crippen LogP contribution in [0.15, 0.2) is 78.9 Å². The van der Waals surface area contributed by atoms with Gasteiger partial charge in [-0.3, -0.25) is 14.4 Å². The molecule has 6 rings (SSSR count). The molecule has 2 amide bonds. The van der Waals surface area contributed by atoms with Crippen LogP contribution >= 0.6 is 11.6 Å². The number of rotatable bonds is 5. The van der Waals surface area contributed by atoms with Gasteiger partial charge in [-0.25, -0.2) is 4.90 Å². The van der Waals surface area contributed by atoms with Crippen LogP contribution in [0.3, 0.4) is 0 Å². The number of carbonyl (C=O) groups is 3. The van der Waals surface area contributed by atoms with Gasteiger partial charge in [0.15, 0.2) is 5.78 Å². The lowest BCUT2D eigenvalue weighted by molar-refractivity contribution is -0.134. The number of allylic oxidation sites excluding steroid dienone is 2. The number of hydrogen-bond donors (Lipinski definition) is 0. The Morgan fingerprint density at radius 1 is 0.703 bits per heavy atom. The molecular weight excluding hydrogens is 482 g/mol. The number of imide groups is 1. The van der Waals surface area contributed by atoms with Crippen molar-refractivity contribution in [2.75, 3.05) is 4.90 Å². The van der Waals surface area contributed by atoms with E-state index in [1.807, 2.05) is 81.4 Å². The van der Waals surface area contributed by atoms with E-state index in [4.69, 9.17) is 11.6 Å². The van der Waals surface area contributed by atoms with Crippen molar-refractivity contribution in [1.29, 1.82) is 0 Å². The van der Waals surface area contributed by atoms with Crippen LogP contribution in [0.25, 0.3) is 11.1 Å². The fraction of sp³-hybridized carbons (Fsp3) is 0.281. The minimum absolute atomic E-state index is 0.0156. The van der Waals surface area contributed by atoms with E-state index in [2.05, 4.69) is 0 Å². The molecule has 5 heteroatoms. The molecule has 4 nitrogen and oxygen atoms in total. The van der Waals surface area contributed by atoms with Crippen molar-refractivity contribution < 1.29 is 14.4 Å². The minimum Gasteiger partial charge on any atom is -0.298 e. The minimum atomic E-state index is -1.08. The van der Waals surface area contributed by atoms with E-state index in [1.165, 1.54) is 4.90 Å². The first kappa shape index (κ1) is 23.9. The molecule has 1 saturated carbocycles. The molecule has 0 radical (unpaired) electrons. The zero-order chi connectivity index (χ0) is 26.1. The Labute approximate surface area is 221 Å². The highest BCUT2D eigenvalue weighted by molar-refractivity contribution is 6.36. The van der Waals surface area contributed by atoms with Gasteiger partial charge in [0.25, 0.3) is 0 Å². The SMILES string of the molecule is CC[C@]12C(=O)[C@](CC)(C(c3ccccc3)=C1c1ccccc1)[C@@H]1C(=O)N(c3cccc(Cl)c3C)C(=O)[C@H]12. The molecular formula is C32H28ClNO3. The first-order valence-corrected chi connectivity index (χ1v) is 13.3. The number of anilines is 1. The predicted octanol–water partition coefficient (Wildman–Crippen LogP) is 6.75. The molecule has 0 N–H and O–H groups in total. The summed E-state index contributed by atoms with van der Waals surface area (Å²) in [7, 11) is 0. The third-order valence-corrected chi connectivity index (χ3v) is 9.45. The lowest BCUT2D eigenvalue weighted by Crippen LogP contribution is -2.42. The van der Waals surface area contributed by atoms with Crippen LogP contribution in [0.1, 0.15) is 43.4 Å². The second kappa shape index (κ2) is 8.26. The fourth-order valence-corrected chi connectivity index (χ4v) is 7.70. The van der Waals surface area contributed by atoms with Gasteiger partial charge >= 0.3 is 0 Å². The Hall–Kier alpha value is -3.50. The molecule has 3 aliphatic rings. The molecule has 37 heavy (non-hydrogen) atoms. The van der Waals surface area contributed by atoms with Crippen LogP contribution in [0.2, 0.25) is 5.02 Å². The zero-order valence-corrected chi connectivity index (χ0v) is 21.9. The molecule has 0 aromatic heterocycles. The molecule has 0 spiro atoms. The molecule has 2 aliphatic carbocycles. The van der Waals surface area contributed by atoms with Crippen LogP contribution in [0.5, 0.6) is 0 Å². The van der Waals surface area contributed by atoms with Gasteiger partial charge in [-0.05, 0) is 59.7 Å². The van der Waals surface area contributed by atoms with E-state index < -0.39 is 22.7 Å². The Morgan fingerprint density at radius 3 is 1.59 bits per heavy atom. The normalized spacial score (nSPS) is 28.4. The van der Waals surface area contributed by atoms with E-state index in [0.717, 1.165) is 22.3 Å². The van der Waals surface area contributed by atoms with Gasteiger partial charge in [0.05, 0.1) is 28.4 Å². The van der Waals surface area contributed by atoms with Crippen molar-refractivity contribution in [3.63, 3.8) is 0 Å². The summed E-state index contributed by atoms with van der Waals surface area (Å²) in [5.41, 5.74) is 2.69. The molecule has 1 aliphatic heterocycles. The molecule has 1 heterocycles. The van der Waals surface area contributed by atoms with Gasteiger partial charge in [0, 0.05) is 5.02 Å². The van der Waals surface area contributed by atoms with Crippen LogP contribution in [-0.4, -0.2) is 17.6 Å². The fourth-order valence-electron chi connectivity index (χ4n) is 7.53. The molecule has 0 unspecified atom stereocenters. The highest BCUT2D eigenvalue weighted by atomic mass is 35.5. The summed E-state index contributed by atoms with van der Waals surface area (Å²) in [4.78, 5) is 44.7. The van der Waals surface area contributed by atoms with Gasteiger partial charge in [-0.1, -0.05) is 92.2 Å². The third-order valence-electron chi connectivity index (χ3n) is 9.04. The Bertz CT molecular complexity index is 1410. The maximum atomic E-state index is 14.7. The number of ketones is 1. The first-order chi connectivity index (χ1) is 17.9. The average molecular weight is 510 g/mol. The van der Waals surface area contributed by atoms with Crippen molar-refractivity contribution >= 4 is 46.0 Å². The van der Waals surface area contributed by atoms with Crippen molar-refractivity contribution in [2.24, 2.45) is 22.7 Å². The van der Waals surface area contributed by atoms with Crippen LogP contribution in [0, 0.1) is 29.6 Å². The summed E-state index contributed by atoms with van der Waals surface area (Å²) in [5, 5.41) is 0.498. The molecule has 3 aromatic carbocycles. The van der Waals surface area contributed by atoms with E-state index in [0.29, 0.717) is 29.1 Å². The summed E-state index contributed by atoms with van der Waals surface area (Å²) < 4.78 is 0. The number of nitrogens with zero attached hydrogens (tertiary/aromatic N) is 1. The van der Waals surface area contributed by atoms with Gasteiger partial charge in [-0.15, -0.1) is 0 Å². The van der Waals surface area contributed by atoms with Crippen molar-refractivity contribution in [1.82, 2.24) is 0 Å². The maximum Gasteiger partial charge on any atom is 0.239 e. The van der Waals surface area contributed by atoms with Crippen molar-refractivity contribution in [3.05, 3.63) is 101 Å².